The largest absolute Gasteiger partial charge is 0.384 e. The maximum Gasteiger partial charge on any atom is 0.274 e. The summed E-state index contributed by atoms with van der Waals surface area (Å²) >= 11 is 5.86. The monoisotopic (exact) mass is 513 g/mol. The van der Waals surface area contributed by atoms with Crippen LogP contribution in [0.5, 0.6) is 0 Å². The van der Waals surface area contributed by atoms with Gasteiger partial charge in [-0.2, -0.15) is 5.10 Å². The number of aliphatic hydroxyl groups is 2. The van der Waals surface area contributed by atoms with E-state index in [4.69, 9.17) is 11.6 Å². The van der Waals surface area contributed by atoms with Gasteiger partial charge in [0.2, 0.25) is 0 Å². The van der Waals surface area contributed by atoms with Crippen LogP contribution in [0.2, 0.25) is 5.02 Å². The Morgan fingerprint density at radius 3 is 2.47 bits per heavy atom. The first kappa shape index (κ1) is 23.6. The van der Waals surface area contributed by atoms with Gasteiger partial charge in [-0.05, 0) is 74.6 Å². The Morgan fingerprint density at radius 2 is 1.83 bits per heavy atom. The lowest BCUT2D eigenvalue weighted by atomic mass is 9.89. The average Bonchev–Trinajstić information content (AvgIpc) is 3.15. The van der Waals surface area contributed by atoms with Crippen LogP contribution < -0.4 is 5.32 Å². The molecule has 0 spiro atoms. The minimum absolute atomic E-state index is 0.0547. The average molecular weight is 514 g/mol. The first-order chi connectivity index (χ1) is 17.1. The van der Waals surface area contributed by atoms with E-state index in [0.717, 1.165) is 24.2 Å². The molecule has 3 aromatic rings. The molecule has 2 aromatic heterocycles. The fourth-order valence-electron chi connectivity index (χ4n) is 6.39. The molecule has 8 nitrogen and oxygen atoms in total. The van der Waals surface area contributed by atoms with Crippen molar-refractivity contribution in [2.24, 2.45) is 25.9 Å². The normalized spacial score (nSPS) is 28.3. The van der Waals surface area contributed by atoms with Crippen molar-refractivity contribution in [1.29, 1.82) is 0 Å². The molecule has 2 heterocycles. The fraction of sp³-hybridized carbons (Fsp3) is 0.500. The molecule has 0 bridgehead atoms. The third-order valence-electron chi connectivity index (χ3n) is 8.34. The number of imidazole rings is 1. The van der Waals surface area contributed by atoms with Crippen molar-refractivity contribution in [2.45, 2.75) is 55.6 Å². The number of hydrogen-bond donors (Lipinski definition) is 3. The molecule has 0 radical (unpaired) electrons. The molecule has 3 aliphatic rings. The molecule has 1 amide bonds. The SMILES string of the molecule is Cn1cnc(C2CC3CC(O)(c4cc(C5(O)CC5)nn4C)CC3C2)c1C(=O)Nc1ccc(F)c(Cl)c1. The maximum absolute atomic E-state index is 13.5. The summed E-state index contributed by atoms with van der Waals surface area (Å²) < 4.78 is 16.9. The predicted molar refractivity (Wildman–Crippen MR) is 131 cm³/mol. The molecule has 3 aliphatic carbocycles. The fourth-order valence-corrected chi connectivity index (χ4v) is 6.57. The second-order valence-corrected chi connectivity index (χ2v) is 11.3. The van der Waals surface area contributed by atoms with E-state index in [-0.39, 0.29) is 16.8 Å². The maximum atomic E-state index is 13.5. The molecular formula is C26H29ClFN5O3. The Kier molecular flexibility index (Phi) is 5.34. The van der Waals surface area contributed by atoms with Gasteiger partial charge in [0.05, 0.1) is 28.4 Å². The highest BCUT2D eigenvalue weighted by molar-refractivity contribution is 6.31. The molecule has 6 rings (SSSR count). The van der Waals surface area contributed by atoms with Crippen LogP contribution >= 0.6 is 11.6 Å². The first-order valence-electron chi connectivity index (χ1n) is 12.3. The summed E-state index contributed by atoms with van der Waals surface area (Å²) in [6.45, 7) is 0. The number of aryl methyl sites for hydroxylation is 2. The summed E-state index contributed by atoms with van der Waals surface area (Å²) in [7, 11) is 3.61. The molecule has 10 heteroatoms. The van der Waals surface area contributed by atoms with Crippen LogP contribution in [0.15, 0.2) is 30.6 Å². The molecule has 36 heavy (non-hydrogen) atoms. The summed E-state index contributed by atoms with van der Waals surface area (Å²) in [4.78, 5) is 17.7. The number of anilines is 1. The standard InChI is InChI=1S/C26H29ClFN5O3/c1-32-13-29-22(23(32)24(34)30-17-3-4-19(28)18(27)9-17)14-7-15-11-26(36,12-16(15)8-14)21-10-20(31-33(21)2)25(35)5-6-25/h3-4,9-10,13-16,35-36H,5-8,11-12H2,1-2H3,(H,30,34). The predicted octanol–water partition coefficient (Wildman–Crippen LogP) is 3.97. The summed E-state index contributed by atoms with van der Waals surface area (Å²) in [5, 5.41) is 29.3. The minimum atomic E-state index is -0.974. The van der Waals surface area contributed by atoms with E-state index in [0.29, 0.717) is 54.6 Å². The van der Waals surface area contributed by atoms with Gasteiger partial charge in [-0.3, -0.25) is 9.48 Å². The van der Waals surface area contributed by atoms with E-state index in [2.05, 4.69) is 15.4 Å². The molecule has 2 atom stereocenters. The number of nitrogens with one attached hydrogen (secondary N) is 1. The van der Waals surface area contributed by atoms with Gasteiger partial charge in [-0.1, -0.05) is 11.6 Å². The lowest BCUT2D eigenvalue weighted by Crippen LogP contribution is -2.26. The highest BCUT2D eigenvalue weighted by Gasteiger charge is 2.53. The summed E-state index contributed by atoms with van der Waals surface area (Å²) in [6.07, 6.45) is 5.97. The van der Waals surface area contributed by atoms with Gasteiger partial charge in [-0.25, -0.2) is 9.37 Å². The van der Waals surface area contributed by atoms with Crippen LogP contribution in [0.3, 0.4) is 0 Å². The number of halogens is 2. The van der Waals surface area contributed by atoms with E-state index in [9.17, 15) is 19.4 Å². The van der Waals surface area contributed by atoms with Crippen LogP contribution in [0.4, 0.5) is 10.1 Å². The van der Waals surface area contributed by atoms with Crippen molar-refractivity contribution >= 4 is 23.2 Å². The molecule has 3 N–H and O–H groups in total. The number of rotatable bonds is 5. The lowest BCUT2D eigenvalue weighted by molar-refractivity contribution is 0.0263. The van der Waals surface area contributed by atoms with Crippen LogP contribution in [0.25, 0.3) is 0 Å². The van der Waals surface area contributed by atoms with Crippen LogP contribution in [0.1, 0.15) is 72.0 Å². The number of carbonyl (C=O) groups excluding carboxylic acids is 1. The van der Waals surface area contributed by atoms with Gasteiger partial charge in [-0.15, -0.1) is 0 Å². The van der Waals surface area contributed by atoms with E-state index in [1.807, 2.05) is 13.1 Å². The van der Waals surface area contributed by atoms with Crippen LogP contribution in [-0.4, -0.2) is 35.5 Å². The second-order valence-electron chi connectivity index (χ2n) is 10.9. The van der Waals surface area contributed by atoms with Gasteiger partial charge in [0.25, 0.3) is 5.91 Å². The van der Waals surface area contributed by atoms with Gasteiger partial charge < -0.3 is 20.1 Å². The molecular weight excluding hydrogens is 485 g/mol. The lowest BCUT2D eigenvalue weighted by Gasteiger charge is -2.25. The summed E-state index contributed by atoms with van der Waals surface area (Å²) in [5.74, 6) is -0.147. The van der Waals surface area contributed by atoms with E-state index in [1.54, 1.807) is 22.6 Å². The third kappa shape index (κ3) is 3.84. The zero-order valence-electron chi connectivity index (χ0n) is 20.2. The van der Waals surface area contributed by atoms with E-state index in [1.165, 1.54) is 18.2 Å². The smallest absolute Gasteiger partial charge is 0.274 e. The molecule has 3 saturated carbocycles. The molecule has 3 fully saturated rings. The quantitative estimate of drug-likeness (QED) is 0.479. The third-order valence-corrected chi connectivity index (χ3v) is 8.63. The van der Waals surface area contributed by atoms with Crippen molar-refractivity contribution in [3.8, 4) is 0 Å². The molecule has 190 valence electrons. The number of aromatic nitrogens is 4. The zero-order valence-corrected chi connectivity index (χ0v) is 21.0. The summed E-state index contributed by atoms with van der Waals surface area (Å²) in [6, 6.07) is 5.95. The van der Waals surface area contributed by atoms with Gasteiger partial charge in [0, 0.05) is 25.7 Å². The molecule has 0 aliphatic heterocycles. The zero-order chi connectivity index (χ0) is 25.4. The van der Waals surface area contributed by atoms with Crippen molar-refractivity contribution < 1.29 is 19.4 Å². The Balaban J connectivity index is 1.18. The Morgan fingerprint density at radius 1 is 1.14 bits per heavy atom. The van der Waals surface area contributed by atoms with Crippen molar-refractivity contribution in [3.05, 3.63) is 64.2 Å². The number of carbonyl (C=O) groups is 1. The number of fused-ring (bicyclic) bond motifs is 1. The first-order valence-corrected chi connectivity index (χ1v) is 12.7. The Labute approximate surface area is 213 Å². The number of hydrogen-bond acceptors (Lipinski definition) is 5. The van der Waals surface area contributed by atoms with E-state index < -0.39 is 17.0 Å². The Bertz CT molecular complexity index is 1350. The van der Waals surface area contributed by atoms with Gasteiger partial charge in [0.1, 0.15) is 22.7 Å². The highest BCUT2D eigenvalue weighted by Crippen LogP contribution is 2.57. The van der Waals surface area contributed by atoms with Gasteiger partial charge >= 0.3 is 0 Å². The second kappa shape index (κ2) is 8.13. The minimum Gasteiger partial charge on any atom is -0.384 e. The number of nitrogens with zero attached hydrogens (tertiary/aromatic N) is 4. The molecule has 2 unspecified atom stereocenters. The molecule has 1 aromatic carbocycles. The van der Waals surface area contributed by atoms with E-state index >= 15 is 0 Å². The van der Waals surface area contributed by atoms with Crippen molar-refractivity contribution in [1.82, 2.24) is 19.3 Å². The molecule has 0 saturated heterocycles. The topological polar surface area (TPSA) is 105 Å². The van der Waals surface area contributed by atoms with Crippen molar-refractivity contribution in [2.75, 3.05) is 5.32 Å². The Hall–Kier alpha value is -2.75. The van der Waals surface area contributed by atoms with Crippen LogP contribution in [-0.2, 0) is 25.3 Å². The number of benzene rings is 1. The van der Waals surface area contributed by atoms with Crippen LogP contribution in [0, 0.1) is 17.7 Å². The highest BCUT2D eigenvalue weighted by atomic mass is 35.5. The van der Waals surface area contributed by atoms with Crippen molar-refractivity contribution in [3.63, 3.8) is 0 Å². The van der Waals surface area contributed by atoms with Gasteiger partial charge in [0.15, 0.2) is 0 Å². The number of amides is 1. The summed E-state index contributed by atoms with van der Waals surface area (Å²) in [5.41, 5.74) is 1.25.